The van der Waals surface area contributed by atoms with Gasteiger partial charge >= 0.3 is 0 Å². The second-order valence-corrected chi connectivity index (χ2v) is 6.90. The van der Waals surface area contributed by atoms with Crippen molar-refractivity contribution >= 4 is 33.4 Å². The average Bonchev–Trinajstić information content (AvgIpc) is 2.56. The van der Waals surface area contributed by atoms with Gasteiger partial charge in [-0.1, -0.05) is 35.8 Å². The fourth-order valence-electron chi connectivity index (χ4n) is 2.11. The number of hydrogen-bond acceptors (Lipinski definition) is 2. The normalized spacial score (nSPS) is 10.5. The highest BCUT2D eigenvalue weighted by Crippen LogP contribution is 2.15. The first-order valence-electron chi connectivity index (χ1n) is 7.91. The molecular weight excluding hydrogens is 368 g/mol. The summed E-state index contributed by atoms with van der Waals surface area (Å²) in [4.78, 5) is 24.5. The maximum absolute atomic E-state index is 12.3. The molecule has 0 aliphatic heterocycles. The van der Waals surface area contributed by atoms with Gasteiger partial charge in [-0.05, 0) is 54.8 Å². The van der Waals surface area contributed by atoms with Crippen molar-refractivity contribution in [2.45, 2.75) is 20.3 Å². The Morgan fingerprint density at radius 2 is 1.62 bits per heavy atom. The summed E-state index contributed by atoms with van der Waals surface area (Å²) in [7, 11) is 0. The highest BCUT2D eigenvalue weighted by atomic mass is 79.9. The topological polar surface area (TPSA) is 58.2 Å². The van der Waals surface area contributed by atoms with E-state index in [0.717, 1.165) is 10.9 Å². The third-order valence-electron chi connectivity index (χ3n) is 3.50. The molecule has 4 nitrogen and oxygen atoms in total. The van der Waals surface area contributed by atoms with Crippen LogP contribution in [0.4, 0.5) is 5.69 Å². The first-order chi connectivity index (χ1) is 11.5. The quantitative estimate of drug-likeness (QED) is 0.766. The van der Waals surface area contributed by atoms with Gasteiger partial charge in [-0.3, -0.25) is 9.59 Å². The highest BCUT2D eigenvalue weighted by Gasteiger charge is 2.11. The number of carbonyl (C=O) groups is 2. The Morgan fingerprint density at radius 1 is 1.00 bits per heavy atom. The fraction of sp³-hybridized carbons (Fsp3) is 0.263. The number of amides is 2. The van der Waals surface area contributed by atoms with Crippen LogP contribution >= 0.6 is 15.9 Å². The molecule has 0 spiro atoms. The molecule has 2 amide bonds. The van der Waals surface area contributed by atoms with Gasteiger partial charge in [0.15, 0.2) is 0 Å². The van der Waals surface area contributed by atoms with Gasteiger partial charge in [0.05, 0.1) is 0 Å². The number of rotatable bonds is 6. The van der Waals surface area contributed by atoms with Gasteiger partial charge in [-0.2, -0.15) is 0 Å². The lowest BCUT2D eigenvalue weighted by Gasteiger charge is -2.09. The zero-order chi connectivity index (χ0) is 17.5. The van der Waals surface area contributed by atoms with E-state index in [0.29, 0.717) is 29.3 Å². The molecule has 0 aliphatic carbocycles. The second-order valence-electron chi connectivity index (χ2n) is 5.98. The van der Waals surface area contributed by atoms with E-state index in [4.69, 9.17) is 0 Å². The molecule has 0 saturated heterocycles. The summed E-state index contributed by atoms with van der Waals surface area (Å²) in [5.74, 6) is 0.136. The van der Waals surface area contributed by atoms with Crippen molar-refractivity contribution in [3.8, 4) is 0 Å². The molecule has 0 saturated carbocycles. The first-order valence-corrected chi connectivity index (χ1v) is 8.70. The van der Waals surface area contributed by atoms with Crippen molar-refractivity contribution in [3.05, 3.63) is 64.1 Å². The van der Waals surface area contributed by atoms with Gasteiger partial charge in [0.25, 0.3) is 11.8 Å². The van der Waals surface area contributed by atoms with Crippen LogP contribution in [0.5, 0.6) is 0 Å². The van der Waals surface area contributed by atoms with Gasteiger partial charge in [-0.25, -0.2) is 0 Å². The summed E-state index contributed by atoms with van der Waals surface area (Å²) in [6.45, 7) is 4.85. The monoisotopic (exact) mass is 388 g/mol. The second kappa shape index (κ2) is 8.64. The van der Waals surface area contributed by atoms with Crippen LogP contribution in [0.15, 0.2) is 53.0 Å². The van der Waals surface area contributed by atoms with Crippen molar-refractivity contribution in [2.75, 3.05) is 11.9 Å². The van der Waals surface area contributed by atoms with E-state index in [1.807, 2.05) is 24.3 Å². The summed E-state index contributed by atoms with van der Waals surface area (Å²) >= 11 is 3.35. The van der Waals surface area contributed by atoms with E-state index in [1.165, 1.54) is 0 Å². The van der Waals surface area contributed by atoms with Crippen molar-refractivity contribution in [2.24, 2.45) is 5.92 Å². The standard InChI is InChI=1S/C19H21BrN2O2/c1-13(2)10-11-21-18(23)14-4-3-5-15(12-14)19(24)22-17-8-6-16(20)7-9-17/h3-9,12-13H,10-11H2,1-2H3,(H,21,23)(H,22,24). The summed E-state index contributed by atoms with van der Waals surface area (Å²) < 4.78 is 0.945. The van der Waals surface area contributed by atoms with Crippen LogP contribution in [0.2, 0.25) is 0 Å². The third kappa shape index (κ3) is 5.49. The van der Waals surface area contributed by atoms with Gasteiger partial charge < -0.3 is 10.6 Å². The molecule has 0 unspecified atom stereocenters. The zero-order valence-electron chi connectivity index (χ0n) is 13.8. The van der Waals surface area contributed by atoms with Crippen LogP contribution in [0, 0.1) is 5.92 Å². The number of halogens is 1. The molecular formula is C19H21BrN2O2. The van der Waals surface area contributed by atoms with Crippen LogP contribution < -0.4 is 10.6 Å². The van der Waals surface area contributed by atoms with Crippen LogP contribution in [-0.2, 0) is 0 Å². The van der Waals surface area contributed by atoms with E-state index < -0.39 is 0 Å². The molecule has 2 aromatic rings. The number of hydrogen-bond donors (Lipinski definition) is 2. The van der Waals surface area contributed by atoms with Crippen molar-refractivity contribution in [1.29, 1.82) is 0 Å². The Labute approximate surface area is 150 Å². The number of anilines is 1. The first kappa shape index (κ1) is 18.2. The molecule has 0 radical (unpaired) electrons. The highest BCUT2D eigenvalue weighted by molar-refractivity contribution is 9.10. The van der Waals surface area contributed by atoms with E-state index >= 15 is 0 Å². The molecule has 2 aromatic carbocycles. The maximum atomic E-state index is 12.3. The van der Waals surface area contributed by atoms with Crippen molar-refractivity contribution in [1.82, 2.24) is 5.32 Å². The van der Waals surface area contributed by atoms with Crippen molar-refractivity contribution in [3.63, 3.8) is 0 Å². The molecule has 0 aromatic heterocycles. The molecule has 0 bridgehead atoms. The maximum Gasteiger partial charge on any atom is 0.255 e. The summed E-state index contributed by atoms with van der Waals surface area (Å²) in [5, 5.41) is 5.69. The predicted molar refractivity (Wildman–Crippen MR) is 100 cm³/mol. The number of benzene rings is 2. The molecule has 24 heavy (non-hydrogen) atoms. The SMILES string of the molecule is CC(C)CCNC(=O)c1cccc(C(=O)Nc2ccc(Br)cc2)c1. The lowest BCUT2D eigenvalue weighted by molar-refractivity contribution is 0.0952. The Kier molecular flexibility index (Phi) is 6.55. The fourth-order valence-corrected chi connectivity index (χ4v) is 2.38. The minimum Gasteiger partial charge on any atom is -0.352 e. The lowest BCUT2D eigenvalue weighted by Crippen LogP contribution is -2.25. The minimum atomic E-state index is -0.242. The summed E-state index contributed by atoms with van der Waals surface area (Å²) in [6.07, 6.45) is 0.926. The molecule has 5 heteroatoms. The summed E-state index contributed by atoms with van der Waals surface area (Å²) in [6, 6.07) is 14.1. The van der Waals surface area contributed by atoms with Gasteiger partial charge in [0.2, 0.25) is 0 Å². The van der Waals surface area contributed by atoms with E-state index in [2.05, 4.69) is 40.4 Å². The van der Waals surface area contributed by atoms with Crippen LogP contribution in [0.3, 0.4) is 0 Å². The number of nitrogens with one attached hydrogen (secondary N) is 2. The van der Waals surface area contributed by atoms with Crippen molar-refractivity contribution < 1.29 is 9.59 Å². The molecule has 0 atom stereocenters. The minimum absolute atomic E-state index is 0.158. The molecule has 0 aliphatic rings. The average molecular weight is 389 g/mol. The Hall–Kier alpha value is -2.14. The molecule has 126 valence electrons. The third-order valence-corrected chi connectivity index (χ3v) is 4.02. The number of carbonyl (C=O) groups excluding carboxylic acids is 2. The molecule has 2 N–H and O–H groups in total. The molecule has 2 rings (SSSR count). The van der Waals surface area contributed by atoms with E-state index in [-0.39, 0.29) is 11.8 Å². The van der Waals surface area contributed by atoms with Crippen LogP contribution in [0.1, 0.15) is 41.0 Å². The van der Waals surface area contributed by atoms with E-state index in [1.54, 1.807) is 24.3 Å². The van der Waals surface area contributed by atoms with Crippen LogP contribution in [0.25, 0.3) is 0 Å². The summed E-state index contributed by atoms with van der Waals surface area (Å²) in [5.41, 5.74) is 1.65. The molecule has 0 heterocycles. The van der Waals surface area contributed by atoms with E-state index in [9.17, 15) is 9.59 Å². The Morgan fingerprint density at radius 3 is 2.25 bits per heavy atom. The largest absolute Gasteiger partial charge is 0.352 e. The molecule has 0 fully saturated rings. The van der Waals surface area contributed by atoms with Gasteiger partial charge in [0, 0.05) is 27.8 Å². The zero-order valence-corrected chi connectivity index (χ0v) is 15.4. The smallest absolute Gasteiger partial charge is 0.255 e. The Bertz CT molecular complexity index is 712. The van der Waals surface area contributed by atoms with Crippen LogP contribution in [-0.4, -0.2) is 18.4 Å². The lowest BCUT2D eigenvalue weighted by atomic mass is 10.1. The predicted octanol–water partition coefficient (Wildman–Crippen LogP) is 4.48. The van der Waals surface area contributed by atoms with Gasteiger partial charge in [-0.15, -0.1) is 0 Å². The Balaban J connectivity index is 2.02. The van der Waals surface area contributed by atoms with Gasteiger partial charge in [0.1, 0.15) is 0 Å².